The largest absolute Gasteiger partial charge is 0.486 e. The zero-order valence-corrected chi connectivity index (χ0v) is 8.13. The Morgan fingerprint density at radius 2 is 2.20 bits per heavy atom. The standard InChI is InChI=1S/C10H9FN2O2/c1-13-9-6(5-12)10-8(4-7(9)11)14-2-3-15-10/h4,13H,2-3H2,1H3. The average molecular weight is 208 g/mol. The number of nitrogens with one attached hydrogen (secondary N) is 1. The maximum absolute atomic E-state index is 13.5. The molecule has 4 nitrogen and oxygen atoms in total. The SMILES string of the molecule is CNc1c(F)cc2c(c1C#N)OCCO2. The molecule has 0 aliphatic carbocycles. The summed E-state index contributed by atoms with van der Waals surface area (Å²) < 4.78 is 24.0. The lowest BCUT2D eigenvalue weighted by molar-refractivity contribution is 0.170. The van der Waals surface area contributed by atoms with Gasteiger partial charge in [-0.25, -0.2) is 4.39 Å². The highest BCUT2D eigenvalue weighted by atomic mass is 19.1. The molecule has 0 spiro atoms. The first kappa shape index (κ1) is 9.59. The normalized spacial score (nSPS) is 13.1. The maximum Gasteiger partial charge on any atom is 0.181 e. The molecule has 1 aromatic rings. The van der Waals surface area contributed by atoms with Crippen LogP contribution < -0.4 is 14.8 Å². The van der Waals surface area contributed by atoms with Crippen LogP contribution in [0, 0.1) is 17.1 Å². The van der Waals surface area contributed by atoms with Gasteiger partial charge in [0, 0.05) is 13.1 Å². The number of halogens is 1. The molecule has 1 aliphatic rings. The van der Waals surface area contributed by atoms with Gasteiger partial charge in [-0.2, -0.15) is 5.26 Å². The molecule has 2 rings (SSSR count). The van der Waals surface area contributed by atoms with Gasteiger partial charge >= 0.3 is 0 Å². The quantitative estimate of drug-likeness (QED) is 0.760. The molecule has 78 valence electrons. The minimum atomic E-state index is -0.515. The highest BCUT2D eigenvalue weighted by Crippen LogP contribution is 2.39. The predicted octanol–water partition coefficient (Wildman–Crippen LogP) is 1.51. The second-order valence-electron chi connectivity index (χ2n) is 2.99. The Hall–Kier alpha value is -1.96. The smallest absolute Gasteiger partial charge is 0.181 e. The lowest BCUT2D eigenvalue weighted by Crippen LogP contribution is -2.17. The molecule has 0 atom stereocenters. The summed E-state index contributed by atoms with van der Waals surface area (Å²) in [6.45, 7) is 0.743. The fourth-order valence-electron chi connectivity index (χ4n) is 1.51. The Bertz CT molecular complexity index is 440. The van der Waals surface area contributed by atoms with Crippen molar-refractivity contribution in [1.82, 2.24) is 0 Å². The van der Waals surface area contributed by atoms with Gasteiger partial charge in [-0.15, -0.1) is 0 Å². The van der Waals surface area contributed by atoms with Crippen LogP contribution in [0.1, 0.15) is 5.56 Å². The Labute approximate surface area is 86.2 Å². The van der Waals surface area contributed by atoms with E-state index in [0.29, 0.717) is 19.0 Å². The van der Waals surface area contributed by atoms with Crippen molar-refractivity contribution in [1.29, 1.82) is 5.26 Å². The predicted molar refractivity (Wildman–Crippen MR) is 51.7 cm³/mol. The molecule has 0 unspecified atom stereocenters. The lowest BCUT2D eigenvalue weighted by Gasteiger charge is -2.20. The molecule has 1 aliphatic heterocycles. The second-order valence-corrected chi connectivity index (χ2v) is 2.99. The molecule has 5 heteroatoms. The molecule has 0 saturated heterocycles. The minimum absolute atomic E-state index is 0.141. The molecule has 0 bridgehead atoms. The Kier molecular flexibility index (Phi) is 2.34. The van der Waals surface area contributed by atoms with E-state index in [1.807, 2.05) is 6.07 Å². The maximum atomic E-state index is 13.5. The van der Waals surface area contributed by atoms with Gasteiger partial charge in [-0.3, -0.25) is 0 Å². The average Bonchev–Trinajstić information content (AvgIpc) is 2.27. The van der Waals surface area contributed by atoms with Gasteiger partial charge in [-0.1, -0.05) is 0 Å². The summed E-state index contributed by atoms with van der Waals surface area (Å²) in [5.74, 6) is 0.0853. The Morgan fingerprint density at radius 1 is 1.47 bits per heavy atom. The minimum Gasteiger partial charge on any atom is -0.486 e. The summed E-state index contributed by atoms with van der Waals surface area (Å²) in [6, 6.07) is 3.13. The molecule has 0 saturated carbocycles. The summed E-state index contributed by atoms with van der Waals surface area (Å²) in [7, 11) is 1.55. The van der Waals surface area contributed by atoms with Gasteiger partial charge < -0.3 is 14.8 Å². The van der Waals surface area contributed by atoms with Gasteiger partial charge in [0.05, 0.1) is 5.69 Å². The van der Waals surface area contributed by atoms with E-state index in [1.54, 1.807) is 7.05 Å². The second kappa shape index (κ2) is 3.65. The third-order valence-electron chi connectivity index (χ3n) is 2.15. The van der Waals surface area contributed by atoms with E-state index in [-0.39, 0.29) is 17.0 Å². The van der Waals surface area contributed by atoms with Crippen LogP contribution in [-0.2, 0) is 0 Å². The first-order valence-corrected chi connectivity index (χ1v) is 4.48. The van der Waals surface area contributed by atoms with Crippen LogP contribution in [0.15, 0.2) is 6.07 Å². The number of hydrogen-bond donors (Lipinski definition) is 1. The number of nitrogens with zero attached hydrogens (tertiary/aromatic N) is 1. The molecule has 0 amide bonds. The van der Waals surface area contributed by atoms with Crippen molar-refractivity contribution in [2.24, 2.45) is 0 Å². The molecular weight excluding hydrogens is 199 g/mol. The third-order valence-corrected chi connectivity index (χ3v) is 2.15. The summed E-state index contributed by atoms with van der Waals surface area (Å²) in [6.07, 6.45) is 0. The van der Waals surface area contributed by atoms with Crippen LogP contribution in [0.5, 0.6) is 11.5 Å². The van der Waals surface area contributed by atoms with E-state index in [2.05, 4.69) is 5.32 Å². The zero-order valence-electron chi connectivity index (χ0n) is 8.13. The van der Waals surface area contributed by atoms with Crippen LogP contribution in [0.2, 0.25) is 0 Å². The van der Waals surface area contributed by atoms with E-state index < -0.39 is 5.82 Å². The molecule has 15 heavy (non-hydrogen) atoms. The lowest BCUT2D eigenvalue weighted by atomic mass is 10.1. The topological polar surface area (TPSA) is 54.3 Å². The van der Waals surface area contributed by atoms with Gasteiger partial charge in [-0.05, 0) is 0 Å². The number of rotatable bonds is 1. The van der Waals surface area contributed by atoms with Gasteiger partial charge in [0.1, 0.15) is 24.8 Å². The number of anilines is 1. The van der Waals surface area contributed by atoms with Crippen molar-refractivity contribution in [2.45, 2.75) is 0 Å². The molecule has 1 heterocycles. The molecule has 0 fully saturated rings. The fourth-order valence-corrected chi connectivity index (χ4v) is 1.51. The van der Waals surface area contributed by atoms with Crippen LogP contribution >= 0.6 is 0 Å². The highest BCUT2D eigenvalue weighted by Gasteiger charge is 2.22. The van der Waals surface area contributed by atoms with Crippen LogP contribution in [-0.4, -0.2) is 20.3 Å². The fraction of sp³-hybridized carbons (Fsp3) is 0.300. The summed E-state index contributed by atoms with van der Waals surface area (Å²) in [5.41, 5.74) is 0.286. The molecule has 0 radical (unpaired) electrons. The van der Waals surface area contributed by atoms with Gasteiger partial charge in [0.15, 0.2) is 17.3 Å². The number of nitriles is 1. The van der Waals surface area contributed by atoms with Crippen molar-refractivity contribution in [3.05, 3.63) is 17.4 Å². The van der Waals surface area contributed by atoms with Crippen LogP contribution in [0.25, 0.3) is 0 Å². The van der Waals surface area contributed by atoms with E-state index in [1.165, 1.54) is 6.07 Å². The first-order chi connectivity index (χ1) is 7.27. The molecule has 0 aromatic heterocycles. The van der Waals surface area contributed by atoms with Crippen molar-refractivity contribution in [2.75, 3.05) is 25.6 Å². The Morgan fingerprint density at radius 3 is 2.87 bits per heavy atom. The molecular formula is C10H9FN2O2. The highest BCUT2D eigenvalue weighted by molar-refractivity contribution is 5.69. The van der Waals surface area contributed by atoms with E-state index in [0.717, 1.165) is 0 Å². The number of fused-ring (bicyclic) bond motifs is 1. The van der Waals surface area contributed by atoms with Crippen LogP contribution in [0.4, 0.5) is 10.1 Å². The van der Waals surface area contributed by atoms with Crippen molar-refractivity contribution < 1.29 is 13.9 Å². The van der Waals surface area contributed by atoms with E-state index >= 15 is 0 Å². The van der Waals surface area contributed by atoms with Gasteiger partial charge in [0.2, 0.25) is 0 Å². The summed E-state index contributed by atoms with van der Waals surface area (Å²) >= 11 is 0. The first-order valence-electron chi connectivity index (χ1n) is 4.48. The summed E-state index contributed by atoms with van der Waals surface area (Å²) in [4.78, 5) is 0. The van der Waals surface area contributed by atoms with E-state index in [4.69, 9.17) is 14.7 Å². The number of ether oxygens (including phenoxy) is 2. The number of benzene rings is 1. The zero-order chi connectivity index (χ0) is 10.8. The monoisotopic (exact) mass is 208 g/mol. The third kappa shape index (κ3) is 1.44. The van der Waals surface area contributed by atoms with Crippen molar-refractivity contribution in [3.63, 3.8) is 0 Å². The summed E-state index contributed by atoms with van der Waals surface area (Å²) in [5, 5.41) is 11.6. The van der Waals surface area contributed by atoms with Crippen molar-refractivity contribution in [3.8, 4) is 17.6 Å². The van der Waals surface area contributed by atoms with Crippen LogP contribution in [0.3, 0.4) is 0 Å². The molecule has 1 aromatic carbocycles. The Balaban J connectivity index is 2.66. The molecule has 1 N–H and O–H groups in total. The van der Waals surface area contributed by atoms with Gasteiger partial charge in [0.25, 0.3) is 0 Å². The number of hydrogen-bond acceptors (Lipinski definition) is 4. The van der Waals surface area contributed by atoms with Crippen molar-refractivity contribution >= 4 is 5.69 Å². The van der Waals surface area contributed by atoms with E-state index in [9.17, 15) is 4.39 Å².